The molecule has 0 radical (unpaired) electrons. The van der Waals surface area contributed by atoms with Gasteiger partial charge in [-0.1, -0.05) is 64.9 Å². The van der Waals surface area contributed by atoms with Gasteiger partial charge in [0.05, 0.1) is 29.0 Å². The summed E-state index contributed by atoms with van der Waals surface area (Å²) in [5.74, 6) is -0.519. The Kier molecular flexibility index (Phi) is 5.45. The number of rotatable bonds is 3. The molecular formula is C23H19ClN2O3S. The number of fused-ring (bicyclic) bond motifs is 1. The lowest BCUT2D eigenvalue weighted by Gasteiger charge is -2.24. The molecule has 0 saturated heterocycles. The Morgan fingerprint density at radius 2 is 1.93 bits per heavy atom. The van der Waals surface area contributed by atoms with Gasteiger partial charge in [0.15, 0.2) is 4.80 Å². The predicted octanol–water partition coefficient (Wildman–Crippen LogP) is 3.37. The third-order valence-electron chi connectivity index (χ3n) is 4.97. The number of esters is 1. The van der Waals surface area contributed by atoms with E-state index in [2.05, 4.69) is 4.99 Å². The molecule has 7 heteroatoms. The quantitative estimate of drug-likeness (QED) is 0.589. The Bertz CT molecular complexity index is 1350. The van der Waals surface area contributed by atoms with E-state index < -0.39 is 12.0 Å². The number of aromatic nitrogens is 1. The van der Waals surface area contributed by atoms with Crippen LogP contribution < -0.4 is 14.9 Å². The fourth-order valence-electron chi connectivity index (χ4n) is 3.50. The molecule has 1 aromatic heterocycles. The zero-order valence-electron chi connectivity index (χ0n) is 16.7. The van der Waals surface area contributed by atoms with Gasteiger partial charge in [-0.3, -0.25) is 9.36 Å². The van der Waals surface area contributed by atoms with Crippen LogP contribution in [0.1, 0.15) is 29.7 Å². The lowest BCUT2D eigenvalue weighted by atomic mass is 9.96. The highest BCUT2D eigenvalue weighted by Crippen LogP contribution is 2.31. The Hall–Kier alpha value is -2.96. The molecule has 5 nitrogen and oxygen atoms in total. The third kappa shape index (κ3) is 3.64. The number of carbonyl (C=O) groups is 1. The van der Waals surface area contributed by atoms with Crippen molar-refractivity contribution in [3.8, 4) is 0 Å². The van der Waals surface area contributed by atoms with Crippen molar-refractivity contribution in [2.24, 2.45) is 4.99 Å². The fraction of sp³-hybridized carbons (Fsp3) is 0.174. The van der Waals surface area contributed by atoms with Crippen LogP contribution in [0.2, 0.25) is 5.02 Å². The second-order valence-electron chi connectivity index (χ2n) is 7.04. The van der Waals surface area contributed by atoms with Gasteiger partial charge in [-0.25, -0.2) is 9.79 Å². The topological polar surface area (TPSA) is 60.7 Å². The molecular weight excluding hydrogens is 420 g/mol. The van der Waals surface area contributed by atoms with Crippen LogP contribution in [0.15, 0.2) is 69.6 Å². The number of hydrogen-bond donors (Lipinski definition) is 0. The molecule has 2 aromatic carbocycles. The van der Waals surface area contributed by atoms with Crippen LogP contribution in [0.25, 0.3) is 6.08 Å². The second kappa shape index (κ2) is 8.05. The standard InChI is InChI=1S/C23H19ClN2O3S/c1-13-7-9-15(10-8-13)11-18-21(27)26-20(16-5-4-6-17(24)12-16)19(22(28)29-3)14(2)25-23(26)30-18/h4-12,20H,1-3H3/b18-11+. The Labute approximate surface area is 182 Å². The number of thiazole rings is 1. The largest absolute Gasteiger partial charge is 0.466 e. The number of aryl methyl sites for hydroxylation is 1. The Morgan fingerprint density at radius 3 is 2.60 bits per heavy atom. The van der Waals surface area contributed by atoms with Crippen molar-refractivity contribution in [2.75, 3.05) is 7.11 Å². The van der Waals surface area contributed by atoms with Gasteiger partial charge in [-0.15, -0.1) is 0 Å². The summed E-state index contributed by atoms with van der Waals surface area (Å²) in [4.78, 5) is 31.1. The highest BCUT2D eigenvalue weighted by atomic mass is 35.5. The first-order valence-electron chi connectivity index (χ1n) is 9.32. The number of hydrogen-bond acceptors (Lipinski definition) is 5. The fourth-order valence-corrected chi connectivity index (χ4v) is 4.74. The lowest BCUT2D eigenvalue weighted by Crippen LogP contribution is -2.39. The van der Waals surface area contributed by atoms with Crippen molar-refractivity contribution in [3.05, 3.63) is 101 Å². The van der Waals surface area contributed by atoms with Crippen LogP contribution >= 0.6 is 22.9 Å². The molecule has 2 heterocycles. The van der Waals surface area contributed by atoms with Crippen molar-refractivity contribution < 1.29 is 9.53 Å². The van der Waals surface area contributed by atoms with Gasteiger partial charge in [-0.05, 0) is 43.2 Å². The van der Waals surface area contributed by atoms with Crippen LogP contribution in [0.5, 0.6) is 0 Å². The van der Waals surface area contributed by atoms with Crippen LogP contribution in [-0.2, 0) is 9.53 Å². The average Bonchev–Trinajstić information content (AvgIpc) is 3.03. The van der Waals surface area contributed by atoms with Gasteiger partial charge >= 0.3 is 5.97 Å². The molecule has 0 spiro atoms. The molecule has 0 amide bonds. The van der Waals surface area contributed by atoms with Gasteiger partial charge in [-0.2, -0.15) is 0 Å². The third-order valence-corrected chi connectivity index (χ3v) is 6.18. The number of benzene rings is 2. The van der Waals surface area contributed by atoms with Crippen LogP contribution in [0.4, 0.5) is 0 Å². The average molecular weight is 439 g/mol. The number of methoxy groups -OCH3 is 1. The smallest absolute Gasteiger partial charge is 0.338 e. The summed E-state index contributed by atoms with van der Waals surface area (Å²) in [6, 6.07) is 14.4. The Balaban J connectivity index is 1.98. The number of nitrogens with zero attached hydrogens (tertiary/aromatic N) is 2. The molecule has 1 unspecified atom stereocenters. The summed E-state index contributed by atoms with van der Waals surface area (Å²) in [6.45, 7) is 3.76. The molecule has 30 heavy (non-hydrogen) atoms. The first-order chi connectivity index (χ1) is 14.4. The van der Waals surface area contributed by atoms with E-state index in [1.807, 2.05) is 43.3 Å². The molecule has 152 valence electrons. The number of carbonyl (C=O) groups excluding carboxylic acids is 1. The maximum atomic E-state index is 13.4. The molecule has 0 N–H and O–H groups in total. The zero-order valence-corrected chi connectivity index (χ0v) is 18.3. The molecule has 1 atom stereocenters. The monoisotopic (exact) mass is 438 g/mol. The van der Waals surface area contributed by atoms with Gasteiger partial charge < -0.3 is 4.74 Å². The van der Waals surface area contributed by atoms with E-state index in [0.29, 0.717) is 25.6 Å². The minimum atomic E-state index is -0.660. The summed E-state index contributed by atoms with van der Waals surface area (Å²) in [5, 5.41) is 0.521. The molecule has 1 aliphatic rings. The highest BCUT2D eigenvalue weighted by Gasteiger charge is 2.33. The molecule has 3 aromatic rings. The van der Waals surface area contributed by atoms with E-state index in [4.69, 9.17) is 16.3 Å². The normalized spacial score (nSPS) is 16.3. The predicted molar refractivity (Wildman–Crippen MR) is 118 cm³/mol. The first kappa shape index (κ1) is 20.3. The van der Waals surface area contributed by atoms with E-state index in [1.54, 1.807) is 29.7 Å². The summed E-state index contributed by atoms with van der Waals surface area (Å²) in [7, 11) is 1.32. The van der Waals surface area contributed by atoms with Crippen molar-refractivity contribution in [2.45, 2.75) is 19.9 Å². The molecule has 4 rings (SSSR count). The highest BCUT2D eigenvalue weighted by molar-refractivity contribution is 7.07. The summed E-state index contributed by atoms with van der Waals surface area (Å²) in [6.07, 6.45) is 1.84. The van der Waals surface area contributed by atoms with Crippen LogP contribution in [-0.4, -0.2) is 17.6 Å². The molecule has 0 aliphatic carbocycles. The van der Waals surface area contributed by atoms with Gasteiger partial charge in [0.2, 0.25) is 0 Å². The minimum absolute atomic E-state index is 0.210. The van der Waals surface area contributed by atoms with E-state index in [-0.39, 0.29) is 5.56 Å². The first-order valence-corrected chi connectivity index (χ1v) is 10.5. The number of allylic oxidation sites excluding steroid dienone is 1. The van der Waals surface area contributed by atoms with Crippen molar-refractivity contribution in [3.63, 3.8) is 0 Å². The number of halogens is 1. The van der Waals surface area contributed by atoms with E-state index in [1.165, 1.54) is 18.4 Å². The van der Waals surface area contributed by atoms with Crippen LogP contribution in [0.3, 0.4) is 0 Å². The summed E-state index contributed by atoms with van der Waals surface area (Å²) in [5.41, 5.74) is 3.43. The number of ether oxygens (including phenoxy) is 1. The van der Waals surface area contributed by atoms with E-state index in [0.717, 1.165) is 16.7 Å². The maximum absolute atomic E-state index is 13.4. The van der Waals surface area contributed by atoms with Crippen molar-refractivity contribution in [1.82, 2.24) is 4.57 Å². The van der Waals surface area contributed by atoms with Crippen molar-refractivity contribution >= 4 is 35.0 Å². The van der Waals surface area contributed by atoms with E-state index >= 15 is 0 Å². The molecule has 1 aliphatic heterocycles. The van der Waals surface area contributed by atoms with Crippen LogP contribution in [0, 0.1) is 6.92 Å². The lowest BCUT2D eigenvalue weighted by molar-refractivity contribution is -0.136. The molecule has 0 bridgehead atoms. The Morgan fingerprint density at radius 1 is 1.20 bits per heavy atom. The summed E-state index contributed by atoms with van der Waals surface area (Å²) < 4.78 is 7.10. The SMILES string of the molecule is COC(=O)C1=C(C)N=c2s/c(=C/c3ccc(C)cc3)c(=O)n2C1c1cccc(Cl)c1. The summed E-state index contributed by atoms with van der Waals surface area (Å²) >= 11 is 7.50. The van der Waals surface area contributed by atoms with Gasteiger partial charge in [0.25, 0.3) is 5.56 Å². The van der Waals surface area contributed by atoms with Crippen molar-refractivity contribution in [1.29, 1.82) is 0 Å². The van der Waals surface area contributed by atoms with Gasteiger partial charge in [0.1, 0.15) is 0 Å². The second-order valence-corrected chi connectivity index (χ2v) is 8.48. The van der Waals surface area contributed by atoms with Gasteiger partial charge in [0, 0.05) is 5.02 Å². The van der Waals surface area contributed by atoms with E-state index in [9.17, 15) is 9.59 Å². The minimum Gasteiger partial charge on any atom is -0.466 e. The zero-order chi connectivity index (χ0) is 21.4. The maximum Gasteiger partial charge on any atom is 0.338 e. The molecule has 0 saturated carbocycles. The molecule has 0 fully saturated rings.